The largest absolute Gasteiger partial charge is 0.383 e. The summed E-state index contributed by atoms with van der Waals surface area (Å²) in [6, 6.07) is 10.7. The second-order valence-electron chi connectivity index (χ2n) is 6.48. The van der Waals surface area contributed by atoms with Crippen molar-refractivity contribution in [3.63, 3.8) is 0 Å². The van der Waals surface area contributed by atoms with E-state index in [1.54, 1.807) is 7.11 Å². The summed E-state index contributed by atoms with van der Waals surface area (Å²) in [6.07, 6.45) is 4.33. The zero-order valence-corrected chi connectivity index (χ0v) is 13.4. The van der Waals surface area contributed by atoms with Crippen molar-refractivity contribution >= 4 is 5.91 Å². The second-order valence-corrected chi connectivity index (χ2v) is 6.48. The third kappa shape index (κ3) is 3.18. The molecule has 4 nitrogen and oxygen atoms in total. The normalized spacial score (nSPS) is 23.4. The summed E-state index contributed by atoms with van der Waals surface area (Å²) in [7, 11) is 1.74. The first kappa shape index (κ1) is 15.5. The number of hydrogen-bond acceptors (Lipinski definition) is 3. The lowest BCUT2D eigenvalue weighted by atomic mass is 9.95. The van der Waals surface area contributed by atoms with Crippen LogP contribution in [0.15, 0.2) is 30.3 Å². The molecular weight excluding hydrogens is 276 g/mol. The second kappa shape index (κ2) is 6.80. The summed E-state index contributed by atoms with van der Waals surface area (Å²) in [6.45, 7) is 3.60. The Labute approximate surface area is 132 Å². The van der Waals surface area contributed by atoms with Crippen LogP contribution >= 0.6 is 0 Å². The highest BCUT2D eigenvalue weighted by Crippen LogP contribution is 2.48. The Kier molecular flexibility index (Phi) is 4.79. The van der Waals surface area contributed by atoms with Gasteiger partial charge in [-0.3, -0.25) is 9.69 Å². The van der Waals surface area contributed by atoms with Crippen LogP contribution in [-0.4, -0.2) is 50.2 Å². The summed E-state index contributed by atoms with van der Waals surface area (Å²) in [4.78, 5) is 15.1. The van der Waals surface area contributed by atoms with Gasteiger partial charge in [0.15, 0.2) is 0 Å². The maximum absolute atomic E-state index is 12.7. The van der Waals surface area contributed by atoms with Crippen LogP contribution in [0.4, 0.5) is 0 Å². The molecular formula is C18H26N2O2. The van der Waals surface area contributed by atoms with Crippen molar-refractivity contribution in [2.24, 2.45) is 0 Å². The van der Waals surface area contributed by atoms with Crippen molar-refractivity contribution in [3.05, 3.63) is 35.9 Å². The van der Waals surface area contributed by atoms with Gasteiger partial charge in [0.2, 0.25) is 5.91 Å². The maximum Gasteiger partial charge on any atom is 0.230 e. The number of hydrogen-bond donors (Lipinski definition) is 1. The lowest BCUT2D eigenvalue weighted by molar-refractivity contribution is -0.123. The van der Waals surface area contributed by atoms with E-state index >= 15 is 0 Å². The van der Waals surface area contributed by atoms with Crippen molar-refractivity contribution in [1.29, 1.82) is 0 Å². The Hall–Kier alpha value is -1.39. The first-order chi connectivity index (χ1) is 10.8. The van der Waals surface area contributed by atoms with Crippen LogP contribution in [-0.2, 0) is 14.9 Å². The molecule has 120 valence electrons. The summed E-state index contributed by atoms with van der Waals surface area (Å²) in [5, 5.41) is 3.21. The molecule has 22 heavy (non-hydrogen) atoms. The SMILES string of the molecule is COCCN1CCC[C@@H]1CNC(=O)C1(c2ccccc2)CC1. The molecule has 1 aliphatic carbocycles. The summed E-state index contributed by atoms with van der Waals surface area (Å²) < 4.78 is 5.17. The molecule has 1 saturated heterocycles. The van der Waals surface area contributed by atoms with Crippen LogP contribution in [0.2, 0.25) is 0 Å². The Morgan fingerprint density at radius 2 is 2.14 bits per heavy atom. The number of ether oxygens (including phenoxy) is 1. The molecule has 1 N–H and O–H groups in total. The predicted molar refractivity (Wildman–Crippen MR) is 86.8 cm³/mol. The third-order valence-corrected chi connectivity index (χ3v) is 5.09. The molecule has 0 unspecified atom stereocenters. The standard InChI is InChI=1S/C18H26N2O2/c1-22-13-12-20-11-5-8-16(20)14-19-17(21)18(9-10-18)15-6-3-2-4-7-15/h2-4,6-7,16H,5,8-14H2,1H3,(H,19,21)/t16-/m1/s1. The van der Waals surface area contributed by atoms with Gasteiger partial charge in [-0.15, -0.1) is 0 Å². The van der Waals surface area contributed by atoms with Gasteiger partial charge in [0.25, 0.3) is 0 Å². The average Bonchev–Trinajstić information content (AvgIpc) is 3.26. The Balaban J connectivity index is 1.54. The highest BCUT2D eigenvalue weighted by Gasteiger charge is 2.51. The van der Waals surface area contributed by atoms with Gasteiger partial charge < -0.3 is 10.1 Å². The Bertz CT molecular complexity index is 499. The number of nitrogens with zero attached hydrogens (tertiary/aromatic N) is 1. The first-order valence-electron chi connectivity index (χ1n) is 8.33. The molecule has 3 rings (SSSR count). The highest BCUT2D eigenvalue weighted by atomic mass is 16.5. The van der Waals surface area contributed by atoms with Gasteiger partial charge in [-0.1, -0.05) is 30.3 Å². The van der Waals surface area contributed by atoms with Crippen molar-refractivity contribution in [2.45, 2.75) is 37.1 Å². The smallest absolute Gasteiger partial charge is 0.230 e. The monoisotopic (exact) mass is 302 g/mol. The van der Waals surface area contributed by atoms with E-state index in [4.69, 9.17) is 4.74 Å². The van der Waals surface area contributed by atoms with Gasteiger partial charge in [-0.2, -0.15) is 0 Å². The topological polar surface area (TPSA) is 41.6 Å². The number of benzene rings is 1. The molecule has 1 atom stereocenters. The van der Waals surface area contributed by atoms with Crippen molar-refractivity contribution in [1.82, 2.24) is 10.2 Å². The molecule has 0 bridgehead atoms. The van der Waals surface area contributed by atoms with Crippen LogP contribution < -0.4 is 5.32 Å². The average molecular weight is 302 g/mol. The third-order valence-electron chi connectivity index (χ3n) is 5.09. The number of rotatable bonds is 7. The number of carbonyl (C=O) groups is 1. The minimum Gasteiger partial charge on any atom is -0.383 e. The van der Waals surface area contributed by atoms with Gasteiger partial charge in [0.1, 0.15) is 0 Å². The fourth-order valence-electron chi connectivity index (χ4n) is 3.54. The van der Waals surface area contributed by atoms with Gasteiger partial charge in [-0.25, -0.2) is 0 Å². The molecule has 1 saturated carbocycles. The number of methoxy groups -OCH3 is 1. The zero-order chi connectivity index (χ0) is 15.4. The van der Waals surface area contributed by atoms with E-state index in [9.17, 15) is 4.79 Å². The van der Waals surface area contributed by atoms with E-state index in [0.717, 1.165) is 44.6 Å². The van der Waals surface area contributed by atoms with Crippen LogP contribution in [0.3, 0.4) is 0 Å². The van der Waals surface area contributed by atoms with E-state index in [-0.39, 0.29) is 11.3 Å². The van der Waals surface area contributed by atoms with E-state index in [1.165, 1.54) is 12.8 Å². The van der Waals surface area contributed by atoms with Gasteiger partial charge in [0.05, 0.1) is 12.0 Å². The van der Waals surface area contributed by atoms with Crippen LogP contribution in [0.25, 0.3) is 0 Å². The van der Waals surface area contributed by atoms with E-state index in [0.29, 0.717) is 6.04 Å². The molecule has 1 aliphatic heterocycles. The van der Waals surface area contributed by atoms with Crippen molar-refractivity contribution in [2.75, 3.05) is 33.4 Å². The van der Waals surface area contributed by atoms with Gasteiger partial charge in [-0.05, 0) is 37.8 Å². The molecule has 0 spiro atoms. The van der Waals surface area contributed by atoms with Crippen LogP contribution in [0.1, 0.15) is 31.2 Å². The molecule has 1 aromatic carbocycles. The summed E-state index contributed by atoms with van der Waals surface area (Å²) in [5.74, 6) is 0.206. The first-order valence-corrected chi connectivity index (χ1v) is 8.33. The van der Waals surface area contributed by atoms with Crippen molar-refractivity contribution in [3.8, 4) is 0 Å². The summed E-state index contributed by atoms with van der Waals surface area (Å²) in [5.41, 5.74) is 0.909. The van der Waals surface area contributed by atoms with Gasteiger partial charge >= 0.3 is 0 Å². The molecule has 0 radical (unpaired) electrons. The lowest BCUT2D eigenvalue weighted by Crippen LogP contribution is -2.44. The Morgan fingerprint density at radius 3 is 2.82 bits per heavy atom. The van der Waals surface area contributed by atoms with Crippen LogP contribution in [0.5, 0.6) is 0 Å². The lowest BCUT2D eigenvalue weighted by Gasteiger charge is -2.25. The minimum atomic E-state index is -0.253. The van der Waals surface area contributed by atoms with Crippen LogP contribution in [0, 0.1) is 0 Å². The number of likely N-dealkylation sites (tertiary alicyclic amines) is 1. The highest BCUT2D eigenvalue weighted by molar-refractivity contribution is 5.91. The maximum atomic E-state index is 12.7. The van der Waals surface area contributed by atoms with Gasteiger partial charge in [0, 0.05) is 26.2 Å². The Morgan fingerprint density at radius 1 is 1.36 bits per heavy atom. The quantitative estimate of drug-likeness (QED) is 0.837. The van der Waals surface area contributed by atoms with E-state index < -0.39 is 0 Å². The molecule has 1 aromatic rings. The summed E-state index contributed by atoms with van der Waals surface area (Å²) >= 11 is 0. The molecule has 2 fully saturated rings. The molecule has 4 heteroatoms. The fourth-order valence-corrected chi connectivity index (χ4v) is 3.54. The number of nitrogens with one attached hydrogen (secondary N) is 1. The number of carbonyl (C=O) groups excluding carboxylic acids is 1. The number of amides is 1. The fraction of sp³-hybridized carbons (Fsp3) is 0.611. The zero-order valence-electron chi connectivity index (χ0n) is 13.4. The molecule has 2 aliphatic rings. The van der Waals surface area contributed by atoms with E-state index in [1.807, 2.05) is 18.2 Å². The minimum absolute atomic E-state index is 0.206. The molecule has 0 aromatic heterocycles. The molecule has 1 heterocycles. The molecule has 1 amide bonds. The van der Waals surface area contributed by atoms with E-state index in [2.05, 4.69) is 22.3 Å². The predicted octanol–water partition coefficient (Wildman–Crippen LogP) is 1.95. The van der Waals surface area contributed by atoms with Crippen molar-refractivity contribution < 1.29 is 9.53 Å².